The SMILES string of the molecule is CCNC(=O)C(C)N(Cc1cccc(OC)c1)C(=O)CN(c1cc(Cl)ccc1OC)S(=O)(=O)c1ccc(OC)c(OC)c1. The minimum absolute atomic E-state index is 0.00522. The molecule has 3 aromatic carbocycles. The van der Waals surface area contributed by atoms with E-state index in [1.54, 1.807) is 44.2 Å². The number of hydrogen-bond donors (Lipinski definition) is 1. The van der Waals surface area contributed by atoms with Gasteiger partial charge in [0.2, 0.25) is 11.8 Å². The zero-order valence-electron chi connectivity index (χ0n) is 24.9. The Bertz CT molecular complexity index is 1550. The van der Waals surface area contributed by atoms with Crippen LogP contribution in [0.25, 0.3) is 0 Å². The Morgan fingerprint density at radius 2 is 1.56 bits per heavy atom. The van der Waals surface area contributed by atoms with Crippen LogP contribution in [0.5, 0.6) is 23.0 Å². The lowest BCUT2D eigenvalue weighted by Crippen LogP contribution is -2.51. The molecule has 0 spiro atoms. The van der Waals surface area contributed by atoms with Crippen molar-refractivity contribution < 1.29 is 37.0 Å². The number of methoxy groups -OCH3 is 4. The zero-order chi connectivity index (χ0) is 31.7. The van der Waals surface area contributed by atoms with Gasteiger partial charge in [0.1, 0.15) is 24.1 Å². The molecule has 0 radical (unpaired) electrons. The first-order valence-electron chi connectivity index (χ1n) is 13.3. The van der Waals surface area contributed by atoms with Crippen LogP contribution in [0, 0.1) is 0 Å². The molecule has 0 heterocycles. The highest BCUT2D eigenvalue weighted by Crippen LogP contribution is 2.37. The maximum Gasteiger partial charge on any atom is 0.265 e. The van der Waals surface area contributed by atoms with E-state index in [1.807, 2.05) is 0 Å². The fraction of sp³-hybridized carbons (Fsp3) is 0.333. The Hall–Kier alpha value is -4.16. The number of rotatable bonds is 14. The summed E-state index contributed by atoms with van der Waals surface area (Å²) in [7, 11) is 1.28. The third kappa shape index (κ3) is 7.82. The van der Waals surface area contributed by atoms with Crippen molar-refractivity contribution in [2.75, 3.05) is 45.8 Å². The summed E-state index contributed by atoms with van der Waals surface area (Å²) in [4.78, 5) is 28.2. The third-order valence-electron chi connectivity index (χ3n) is 6.64. The molecule has 0 bridgehead atoms. The maximum atomic E-state index is 14.3. The van der Waals surface area contributed by atoms with Gasteiger partial charge in [-0.1, -0.05) is 23.7 Å². The van der Waals surface area contributed by atoms with Gasteiger partial charge in [-0.05, 0) is 61.9 Å². The monoisotopic (exact) mass is 633 g/mol. The number of carbonyl (C=O) groups is 2. The highest BCUT2D eigenvalue weighted by Gasteiger charge is 2.34. The molecule has 1 N–H and O–H groups in total. The molecule has 3 aromatic rings. The number of anilines is 1. The number of ether oxygens (including phenoxy) is 4. The first kappa shape index (κ1) is 33.3. The topological polar surface area (TPSA) is 124 Å². The summed E-state index contributed by atoms with van der Waals surface area (Å²) in [5, 5.41) is 2.95. The van der Waals surface area contributed by atoms with E-state index in [1.165, 1.54) is 63.7 Å². The van der Waals surface area contributed by atoms with Crippen molar-refractivity contribution in [1.29, 1.82) is 0 Å². The first-order valence-corrected chi connectivity index (χ1v) is 15.1. The van der Waals surface area contributed by atoms with Gasteiger partial charge in [-0.15, -0.1) is 0 Å². The Kier molecular flexibility index (Phi) is 11.5. The molecule has 0 fully saturated rings. The molecule has 1 unspecified atom stereocenters. The second-order valence-corrected chi connectivity index (χ2v) is 11.6. The Morgan fingerprint density at radius 3 is 2.19 bits per heavy atom. The van der Waals surface area contributed by atoms with Crippen molar-refractivity contribution in [3.63, 3.8) is 0 Å². The second-order valence-electron chi connectivity index (χ2n) is 9.29. The van der Waals surface area contributed by atoms with E-state index < -0.39 is 34.4 Å². The molecule has 1 atom stereocenters. The fourth-order valence-electron chi connectivity index (χ4n) is 4.35. The van der Waals surface area contributed by atoms with Crippen molar-refractivity contribution in [1.82, 2.24) is 10.2 Å². The number of nitrogens with one attached hydrogen (secondary N) is 1. The van der Waals surface area contributed by atoms with Crippen LogP contribution in [0.2, 0.25) is 5.02 Å². The van der Waals surface area contributed by atoms with Crippen LogP contribution in [-0.4, -0.2) is 72.7 Å². The van der Waals surface area contributed by atoms with Crippen LogP contribution < -0.4 is 28.6 Å². The lowest BCUT2D eigenvalue weighted by molar-refractivity contribution is -0.139. The van der Waals surface area contributed by atoms with Crippen molar-refractivity contribution in [3.8, 4) is 23.0 Å². The summed E-state index contributed by atoms with van der Waals surface area (Å²) in [5.74, 6) is 0.192. The molecule has 0 aliphatic rings. The van der Waals surface area contributed by atoms with Gasteiger partial charge in [0.15, 0.2) is 11.5 Å². The van der Waals surface area contributed by atoms with E-state index in [9.17, 15) is 18.0 Å². The molecule has 11 nitrogen and oxygen atoms in total. The summed E-state index contributed by atoms with van der Waals surface area (Å²) in [5.41, 5.74) is 0.712. The number of amides is 2. The second kappa shape index (κ2) is 14.8. The van der Waals surface area contributed by atoms with Gasteiger partial charge in [0, 0.05) is 24.2 Å². The Balaban J connectivity index is 2.15. The maximum absolute atomic E-state index is 14.3. The van der Waals surface area contributed by atoms with Crippen molar-refractivity contribution >= 4 is 39.1 Å². The normalized spacial score (nSPS) is 11.7. The number of nitrogens with zero attached hydrogens (tertiary/aromatic N) is 2. The van der Waals surface area contributed by atoms with Crippen LogP contribution in [-0.2, 0) is 26.2 Å². The fourth-order valence-corrected chi connectivity index (χ4v) is 5.95. The van der Waals surface area contributed by atoms with Gasteiger partial charge in [-0.25, -0.2) is 8.42 Å². The molecule has 2 amide bonds. The predicted molar refractivity (Wildman–Crippen MR) is 164 cm³/mol. The first-order chi connectivity index (χ1) is 20.5. The average molecular weight is 634 g/mol. The van der Waals surface area contributed by atoms with E-state index in [-0.39, 0.29) is 33.6 Å². The minimum Gasteiger partial charge on any atom is -0.497 e. The smallest absolute Gasteiger partial charge is 0.265 e. The van der Waals surface area contributed by atoms with E-state index in [0.29, 0.717) is 23.6 Å². The van der Waals surface area contributed by atoms with Crippen LogP contribution >= 0.6 is 11.6 Å². The highest BCUT2D eigenvalue weighted by atomic mass is 35.5. The number of carbonyl (C=O) groups excluding carboxylic acids is 2. The highest BCUT2D eigenvalue weighted by molar-refractivity contribution is 7.92. The molecule has 0 aliphatic heterocycles. The number of halogens is 1. The van der Waals surface area contributed by atoms with E-state index >= 15 is 0 Å². The number of likely N-dealkylation sites (N-methyl/N-ethyl adjacent to an activating group) is 1. The minimum atomic E-state index is -4.44. The molecule has 13 heteroatoms. The third-order valence-corrected chi connectivity index (χ3v) is 8.63. The number of hydrogen-bond acceptors (Lipinski definition) is 8. The molecule has 232 valence electrons. The molecule has 0 aliphatic carbocycles. The lowest BCUT2D eigenvalue weighted by atomic mass is 10.1. The van der Waals surface area contributed by atoms with Crippen LogP contribution in [0.3, 0.4) is 0 Å². The van der Waals surface area contributed by atoms with E-state index in [4.69, 9.17) is 30.5 Å². The van der Waals surface area contributed by atoms with Gasteiger partial charge in [-0.2, -0.15) is 0 Å². The van der Waals surface area contributed by atoms with E-state index in [2.05, 4.69) is 5.32 Å². The van der Waals surface area contributed by atoms with Crippen molar-refractivity contribution in [2.45, 2.75) is 31.3 Å². The van der Waals surface area contributed by atoms with E-state index in [0.717, 1.165) is 4.31 Å². The summed E-state index contributed by atoms with van der Waals surface area (Å²) in [6.45, 7) is 3.02. The molecule has 0 aromatic heterocycles. The standard InChI is InChI=1S/C30H36ClN3O8S/c1-7-32-30(36)20(2)33(18-21-9-8-10-23(15-21)39-3)29(35)19-34(25-16-22(31)11-13-26(25)40-4)43(37,38)24-12-14-27(41-5)28(17-24)42-6/h8-17,20H,7,18-19H2,1-6H3,(H,32,36). The zero-order valence-corrected chi connectivity index (χ0v) is 26.5. The van der Waals surface area contributed by atoms with Crippen molar-refractivity contribution in [2.24, 2.45) is 0 Å². The quantitative estimate of drug-likeness (QED) is 0.281. The van der Waals surface area contributed by atoms with Crippen LogP contribution in [0.4, 0.5) is 5.69 Å². The molecule has 43 heavy (non-hydrogen) atoms. The summed E-state index contributed by atoms with van der Waals surface area (Å²) >= 11 is 6.29. The Labute approximate surface area is 257 Å². The summed E-state index contributed by atoms with van der Waals surface area (Å²) in [6.07, 6.45) is 0. The van der Waals surface area contributed by atoms with Crippen LogP contribution in [0.1, 0.15) is 19.4 Å². The van der Waals surface area contributed by atoms with Gasteiger partial charge in [-0.3, -0.25) is 13.9 Å². The van der Waals surface area contributed by atoms with Crippen LogP contribution in [0.15, 0.2) is 65.6 Å². The van der Waals surface area contributed by atoms with Gasteiger partial charge >= 0.3 is 0 Å². The van der Waals surface area contributed by atoms with Gasteiger partial charge in [0.25, 0.3) is 10.0 Å². The molecule has 0 saturated carbocycles. The molecular formula is C30H36ClN3O8S. The number of sulfonamides is 1. The number of benzene rings is 3. The molecule has 0 saturated heterocycles. The summed E-state index contributed by atoms with van der Waals surface area (Å²) in [6, 6.07) is 14.6. The lowest BCUT2D eigenvalue weighted by Gasteiger charge is -2.32. The molecule has 3 rings (SSSR count). The summed E-state index contributed by atoms with van der Waals surface area (Å²) < 4.78 is 50.8. The molecular weight excluding hydrogens is 598 g/mol. The van der Waals surface area contributed by atoms with Crippen molar-refractivity contribution in [3.05, 3.63) is 71.2 Å². The predicted octanol–water partition coefficient (Wildman–Crippen LogP) is 4.12. The van der Waals surface area contributed by atoms with Gasteiger partial charge in [0.05, 0.1) is 39.0 Å². The Morgan fingerprint density at radius 1 is 0.884 bits per heavy atom. The average Bonchev–Trinajstić information content (AvgIpc) is 3.01. The van der Waals surface area contributed by atoms with Gasteiger partial charge < -0.3 is 29.2 Å². The largest absolute Gasteiger partial charge is 0.497 e.